The van der Waals surface area contributed by atoms with Gasteiger partial charge in [0.1, 0.15) is 34.9 Å². The molecule has 0 aliphatic carbocycles. The van der Waals surface area contributed by atoms with Crippen LogP contribution in [0.15, 0.2) is 97.1 Å². The Bertz CT molecular complexity index is 2690. The topological polar surface area (TPSA) is 184 Å². The molecule has 8 rings (SSSR count). The summed E-state index contributed by atoms with van der Waals surface area (Å²) in [6.07, 6.45) is 6.44. The van der Waals surface area contributed by atoms with Crippen LogP contribution in [0.2, 0.25) is 0 Å². The van der Waals surface area contributed by atoms with Gasteiger partial charge < -0.3 is 20.6 Å². The first kappa shape index (κ1) is 48.2. The molecule has 0 saturated carbocycles. The smallest absolute Gasteiger partial charge is 0.237 e. The van der Waals surface area contributed by atoms with Gasteiger partial charge in [-0.25, -0.2) is 19.9 Å². The Balaban J connectivity index is 0.000000200. The van der Waals surface area contributed by atoms with Crippen molar-refractivity contribution in [2.75, 3.05) is 29.6 Å². The quantitative estimate of drug-likeness (QED) is 0.0743. The Hall–Kier alpha value is -7.30. The van der Waals surface area contributed by atoms with Gasteiger partial charge in [-0.2, -0.15) is 5.26 Å². The Morgan fingerprint density at radius 2 is 1.12 bits per heavy atom. The molecule has 0 fully saturated rings. The van der Waals surface area contributed by atoms with Crippen LogP contribution in [0.3, 0.4) is 0 Å². The summed E-state index contributed by atoms with van der Waals surface area (Å²) < 4.78 is 11.0. The second-order valence-electron chi connectivity index (χ2n) is 15.9. The van der Waals surface area contributed by atoms with Gasteiger partial charge in [-0.05, 0) is 125 Å². The van der Waals surface area contributed by atoms with Crippen molar-refractivity contribution >= 4 is 40.5 Å². The molecular formula is C53H59N9O4. The van der Waals surface area contributed by atoms with Gasteiger partial charge in [0, 0.05) is 22.3 Å². The molecule has 0 unspecified atom stereocenters. The highest BCUT2D eigenvalue weighted by Gasteiger charge is 2.36. The largest absolute Gasteiger partial charge is 0.494 e. The van der Waals surface area contributed by atoms with Crippen molar-refractivity contribution in [2.45, 2.75) is 92.9 Å². The molecule has 2 amide bonds. The van der Waals surface area contributed by atoms with E-state index in [1.54, 1.807) is 9.80 Å². The van der Waals surface area contributed by atoms with Crippen LogP contribution in [0.4, 0.5) is 23.0 Å². The summed E-state index contributed by atoms with van der Waals surface area (Å²) in [5, 5.41) is 18.4. The van der Waals surface area contributed by atoms with Crippen LogP contribution in [0.5, 0.6) is 11.5 Å². The molecule has 0 radical (unpaired) electrons. The van der Waals surface area contributed by atoms with Crippen LogP contribution < -0.4 is 25.0 Å². The second kappa shape index (κ2) is 23.1. The van der Waals surface area contributed by atoms with Crippen LogP contribution in [0, 0.1) is 30.6 Å². The van der Waals surface area contributed by atoms with E-state index in [1.165, 1.54) is 12.8 Å². The fourth-order valence-electron chi connectivity index (χ4n) is 7.67. The molecule has 4 aromatic carbocycles. The molecule has 66 heavy (non-hydrogen) atoms. The molecule has 340 valence electrons. The first-order valence-corrected chi connectivity index (χ1v) is 22.8. The average Bonchev–Trinajstić information content (AvgIpc) is 3.84. The number of unbranched alkanes of at least 4 members (excludes halogenated alkanes) is 3. The average molecular weight is 886 g/mol. The van der Waals surface area contributed by atoms with Gasteiger partial charge in [0.15, 0.2) is 11.6 Å². The Kier molecular flexibility index (Phi) is 16.8. The third kappa shape index (κ3) is 11.1. The van der Waals surface area contributed by atoms with E-state index in [0.29, 0.717) is 59.9 Å². The highest BCUT2D eigenvalue weighted by atomic mass is 16.5. The van der Waals surface area contributed by atoms with Gasteiger partial charge in [0.2, 0.25) is 11.8 Å². The minimum absolute atomic E-state index is 0.0416. The normalized spacial score (nSPS) is 12.3. The number of ether oxygens (including phenoxy) is 2. The van der Waals surface area contributed by atoms with Gasteiger partial charge >= 0.3 is 0 Å². The van der Waals surface area contributed by atoms with Crippen molar-refractivity contribution in [3.8, 4) is 40.3 Å². The highest BCUT2D eigenvalue weighted by Crippen LogP contribution is 2.40. The predicted molar refractivity (Wildman–Crippen MR) is 261 cm³/mol. The number of fused-ring (bicyclic) bond motifs is 2. The number of benzene rings is 4. The minimum Gasteiger partial charge on any atom is -0.494 e. The predicted octanol–water partition coefficient (Wildman–Crippen LogP) is 10.7. The number of hydrogen-bond donors (Lipinski definition) is 2. The lowest BCUT2D eigenvalue weighted by Gasteiger charge is -2.20. The Labute approximate surface area is 388 Å². The maximum atomic E-state index is 13.2. The number of hydrogen-bond acceptors (Lipinski definition) is 11. The molecule has 0 bridgehead atoms. The summed E-state index contributed by atoms with van der Waals surface area (Å²) in [6, 6.07) is 32.6. The fraction of sp³-hybridized carbons (Fsp3) is 0.321. The summed E-state index contributed by atoms with van der Waals surface area (Å²) in [5.74, 6) is 3.38. The van der Waals surface area contributed by atoms with Crippen molar-refractivity contribution in [2.24, 2.45) is 5.73 Å². The summed E-state index contributed by atoms with van der Waals surface area (Å²) in [5.41, 5.74) is 12.9. The summed E-state index contributed by atoms with van der Waals surface area (Å²) >= 11 is 0. The number of rotatable bonds is 15. The number of aryl methyl sites for hydroxylation is 2. The van der Waals surface area contributed by atoms with E-state index < -0.39 is 0 Å². The van der Waals surface area contributed by atoms with E-state index in [-0.39, 0.29) is 30.3 Å². The van der Waals surface area contributed by atoms with Crippen molar-refractivity contribution in [1.29, 1.82) is 10.7 Å². The summed E-state index contributed by atoms with van der Waals surface area (Å²) in [4.78, 5) is 47.9. The number of carbonyl (C=O) groups is 2. The molecule has 6 aromatic rings. The Morgan fingerprint density at radius 3 is 1.56 bits per heavy atom. The van der Waals surface area contributed by atoms with Gasteiger partial charge in [-0.15, -0.1) is 0 Å². The van der Waals surface area contributed by atoms with Crippen molar-refractivity contribution in [3.05, 3.63) is 131 Å². The van der Waals surface area contributed by atoms with Crippen molar-refractivity contribution in [1.82, 2.24) is 19.9 Å². The molecule has 3 N–H and O–H groups in total. The second-order valence-corrected chi connectivity index (χ2v) is 15.9. The molecule has 4 heterocycles. The molecular weight excluding hydrogens is 827 g/mol. The van der Waals surface area contributed by atoms with E-state index >= 15 is 0 Å². The standard InChI is InChI=1S/C27H30N4O2.C22H18N4O2.C4H11N/c1-4-6-7-11-22(28)25-21-17-24(32)31(23-12-9-8-10-18(23)3)27(21)30-26(29-25)19-13-15-20(16-14-19)33-5-2;1-3-28-16-10-8-15(9-11-16)21-24-18(13-23)17-12-20(27)26(22(17)25-21)19-7-5-4-6-14(19)2;1-2-3-4-5/h8-10,12-16,28H,4-7,11,17H2,1-3H3;4-11H,3,12H2,1-2H3;2-5H2,1H3. The lowest BCUT2D eigenvalue weighted by atomic mass is 10.0. The zero-order chi connectivity index (χ0) is 47.2. The number of amides is 2. The first-order chi connectivity index (χ1) is 32.1. The van der Waals surface area contributed by atoms with Crippen molar-refractivity contribution < 1.29 is 19.1 Å². The lowest BCUT2D eigenvalue weighted by Crippen LogP contribution is -2.22. The number of nitriles is 1. The monoisotopic (exact) mass is 885 g/mol. The van der Waals surface area contributed by atoms with Crippen LogP contribution in [-0.4, -0.2) is 57.2 Å². The van der Waals surface area contributed by atoms with Gasteiger partial charge in [-0.3, -0.25) is 19.4 Å². The molecule has 2 aromatic heterocycles. The van der Waals surface area contributed by atoms with Crippen LogP contribution >= 0.6 is 0 Å². The molecule has 0 spiro atoms. The number of nitrogens with zero attached hydrogens (tertiary/aromatic N) is 7. The van der Waals surface area contributed by atoms with E-state index in [0.717, 1.165) is 76.5 Å². The Morgan fingerprint density at radius 1 is 0.652 bits per heavy atom. The summed E-state index contributed by atoms with van der Waals surface area (Å²) in [7, 11) is 0. The van der Waals surface area contributed by atoms with Gasteiger partial charge in [0.25, 0.3) is 0 Å². The van der Waals surface area contributed by atoms with E-state index in [4.69, 9.17) is 30.6 Å². The van der Waals surface area contributed by atoms with Crippen molar-refractivity contribution in [3.63, 3.8) is 0 Å². The maximum absolute atomic E-state index is 13.2. The minimum atomic E-state index is -0.112. The molecule has 13 nitrogen and oxygen atoms in total. The third-order valence-corrected chi connectivity index (χ3v) is 11.1. The fourth-order valence-corrected chi connectivity index (χ4v) is 7.67. The lowest BCUT2D eigenvalue weighted by molar-refractivity contribution is -0.117. The van der Waals surface area contributed by atoms with Crippen LogP contribution in [-0.2, 0) is 22.4 Å². The van der Waals surface area contributed by atoms with Gasteiger partial charge in [-0.1, -0.05) is 69.5 Å². The van der Waals surface area contributed by atoms with Crippen LogP contribution in [0.25, 0.3) is 22.8 Å². The number of nitrogens with two attached hydrogens (primary N) is 1. The van der Waals surface area contributed by atoms with E-state index in [1.807, 2.05) is 125 Å². The molecule has 0 saturated heterocycles. The molecule has 0 atom stereocenters. The van der Waals surface area contributed by atoms with E-state index in [2.05, 4.69) is 29.9 Å². The number of anilines is 4. The zero-order valence-corrected chi connectivity index (χ0v) is 38.9. The molecule has 2 aliphatic heterocycles. The number of nitrogens with one attached hydrogen (secondary N) is 1. The van der Waals surface area contributed by atoms with Gasteiger partial charge in [0.05, 0.1) is 48.8 Å². The first-order valence-electron chi connectivity index (χ1n) is 22.8. The SMILES string of the molecule is CCCCCC(=N)c1nc(-c2ccc(OCC)cc2)nc2c1CC(=O)N2c1ccccc1C.CCCCN.CCOc1ccc(-c2nc(C#N)c3c(n2)N(c2ccccc2C)C(=O)C3)cc1. The third-order valence-electron chi connectivity index (χ3n) is 11.1. The number of para-hydroxylation sites is 2. The van der Waals surface area contributed by atoms with E-state index in [9.17, 15) is 14.9 Å². The summed E-state index contributed by atoms with van der Waals surface area (Å²) in [6.45, 7) is 14.1. The zero-order valence-electron chi connectivity index (χ0n) is 38.9. The highest BCUT2D eigenvalue weighted by molar-refractivity contribution is 6.11. The molecule has 2 aliphatic rings. The maximum Gasteiger partial charge on any atom is 0.237 e. The number of aromatic nitrogens is 4. The van der Waals surface area contributed by atoms with Crippen LogP contribution in [0.1, 0.15) is 99.9 Å². The number of carbonyl (C=O) groups excluding carboxylic acids is 2. The molecule has 13 heteroatoms.